The fraction of sp³-hybridized carbons (Fsp3) is 0.533. The van der Waals surface area contributed by atoms with Gasteiger partial charge in [-0.15, -0.1) is 0 Å². The maximum Gasteiger partial charge on any atom is 0.0991 e. The molecule has 0 saturated carbocycles. The van der Waals surface area contributed by atoms with E-state index in [9.17, 15) is 0 Å². The molecular formula is C15H18N2. The predicted molar refractivity (Wildman–Crippen MR) is 67.8 cm³/mol. The quantitative estimate of drug-likeness (QED) is 0.738. The molecule has 1 aliphatic carbocycles. The Morgan fingerprint density at radius 3 is 2.82 bits per heavy atom. The number of rotatable bonds is 0. The maximum absolute atomic E-state index is 9.00. The molecule has 88 valence electrons. The Morgan fingerprint density at radius 2 is 2.12 bits per heavy atom. The molecule has 1 atom stereocenters. The van der Waals surface area contributed by atoms with E-state index in [1.54, 1.807) is 0 Å². The standard InChI is InChI=1S/C15H18N2/c1-11-14-8-12(10-16)2-3-13(14)9-15(11)4-6-17-7-5-15/h2-3,8,11,17H,4-7,9H2,1H3. The van der Waals surface area contributed by atoms with Crippen molar-refractivity contribution in [2.45, 2.75) is 32.1 Å². The van der Waals surface area contributed by atoms with Crippen LogP contribution in [0.5, 0.6) is 0 Å². The molecule has 17 heavy (non-hydrogen) atoms. The summed E-state index contributed by atoms with van der Waals surface area (Å²) in [7, 11) is 0. The predicted octanol–water partition coefficient (Wildman–Crippen LogP) is 2.59. The first-order valence-electron chi connectivity index (χ1n) is 6.49. The maximum atomic E-state index is 9.00. The average molecular weight is 226 g/mol. The minimum atomic E-state index is 0.460. The largest absolute Gasteiger partial charge is 0.317 e. The van der Waals surface area contributed by atoms with Gasteiger partial charge in [-0.25, -0.2) is 0 Å². The zero-order valence-electron chi connectivity index (χ0n) is 10.3. The SMILES string of the molecule is CC1c2cc(C#N)ccc2CC12CCNCC2. The van der Waals surface area contributed by atoms with Crippen LogP contribution in [0.25, 0.3) is 0 Å². The Balaban J connectivity index is 1.99. The van der Waals surface area contributed by atoms with E-state index in [1.165, 1.54) is 30.4 Å². The van der Waals surface area contributed by atoms with Crippen molar-refractivity contribution in [3.63, 3.8) is 0 Å². The van der Waals surface area contributed by atoms with Crippen LogP contribution in [0.15, 0.2) is 18.2 Å². The summed E-state index contributed by atoms with van der Waals surface area (Å²) < 4.78 is 0. The molecule has 0 radical (unpaired) electrons. The van der Waals surface area contributed by atoms with Crippen molar-refractivity contribution in [1.82, 2.24) is 5.32 Å². The number of hydrogen-bond donors (Lipinski definition) is 1. The average Bonchev–Trinajstić information content (AvgIpc) is 2.63. The van der Waals surface area contributed by atoms with Gasteiger partial charge >= 0.3 is 0 Å². The minimum Gasteiger partial charge on any atom is -0.317 e. The van der Waals surface area contributed by atoms with E-state index >= 15 is 0 Å². The highest BCUT2D eigenvalue weighted by Crippen LogP contribution is 2.52. The van der Waals surface area contributed by atoms with Gasteiger partial charge in [-0.1, -0.05) is 13.0 Å². The van der Waals surface area contributed by atoms with Crippen LogP contribution in [0.1, 0.15) is 42.4 Å². The van der Waals surface area contributed by atoms with Gasteiger partial charge in [0.1, 0.15) is 0 Å². The lowest BCUT2D eigenvalue weighted by Gasteiger charge is -2.38. The number of nitrogens with one attached hydrogen (secondary N) is 1. The molecule has 1 spiro atoms. The van der Waals surface area contributed by atoms with Gasteiger partial charge in [0, 0.05) is 0 Å². The monoisotopic (exact) mass is 226 g/mol. The smallest absolute Gasteiger partial charge is 0.0991 e. The topological polar surface area (TPSA) is 35.8 Å². The number of fused-ring (bicyclic) bond motifs is 1. The lowest BCUT2D eigenvalue weighted by molar-refractivity contribution is 0.180. The first kappa shape index (κ1) is 10.8. The van der Waals surface area contributed by atoms with Gasteiger partial charge in [-0.3, -0.25) is 0 Å². The highest BCUT2D eigenvalue weighted by molar-refractivity contribution is 5.44. The number of nitrogens with zero attached hydrogens (tertiary/aromatic N) is 1. The lowest BCUT2D eigenvalue weighted by Crippen LogP contribution is -2.38. The Bertz CT molecular complexity index is 478. The van der Waals surface area contributed by atoms with Gasteiger partial charge in [0.2, 0.25) is 0 Å². The molecule has 1 fully saturated rings. The van der Waals surface area contributed by atoms with Gasteiger partial charge in [-0.2, -0.15) is 5.26 Å². The van der Waals surface area contributed by atoms with Crippen molar-refractivity contribution < 1.29 is 0 Å². The summed E-state index contributed by atoms with van der Waals surface area (Å²) in [6.07, 6.45) is 3.74. The van der Waals surface area contributed by atoms with Crippen molar-refractivity contribution >= 4 is 0 Å². The van der Waals surface area contributed by atoms with Crippen molar-refractivity contribution in [1.29, 1.82) is 5.26 Å². The van der Waals surface area contributed by atoms with Gasteiger partial charge in [0.15, 0.2) is 0 Å². The van der Waals surface area contributed by atoms with Crippen LogP contribution in [0.2, 0.25) is 0 Å². The summed E-state index contributed by atoms with van der Waals surface area (Å²) in [6, 6.07) is 8.50. The van der Waals surface area contributed by atoms with E-state index in [-0.39, 0.29) is 0 Å². The molecule has 1 aromatic rings. The van der Waals surface area contributed by atoms with Crippen molar-refractivity contribution in [3.05, 3.63) is 34.9 Å². The molecule has 1 heterocycles. The van der Waals surface area contributed by atoms with Crippen LogP contribution in [-0.4, -0.2) is 13.1 Å². The summed E-state index contributed by atoms with van der Waals surface area (Å²) in [6.45, 7) is 4.63. The Labute approximate surface area is 103 Å². The van der Waals surface area contributed by atoms with E-state index in [2.05, 4.69) is 30.4 Å². The molecule has 1 aliphatic heterocycles. The fourth-order valence-corrected chi connectivity index (χ4v) is 3.63. The highest BCUT2D eigenvalue weighted by atomic mass is 14.9. The molecule has 0 aromatic heterocycles. The second-order valence-electron chi connectivity index (χ2n) is 5.54. The van der Waals surface area contributed by atoms with Gasteiger partial charge < -0.3 is 5.32 Å². The second kappa shape index (κ2) is 3.85. The molecule has 2 nitrogen and oxygen atoms in total. The van der Waals surface area contributed by atoms with E-state index < -0.39 is 0 Å². The van der Waals surface area contributed by atoms with Crippen molar-refractivity contribution in [2.24, 2.45) is 5.41 Å². The van der Waals surface area contributed by atoms with Crippen LogP contribution >= 0.6 is 0 Å². The zero-order chi connectivity index (χ0) is 11.9. The first-order chi connectivity index (χ1) is 8.25. The summed E-state index contributed by atoms with van der Waals surface area (Å²) in [5.41, 5.74) is 4.16. The van der Waals surface area contributed by atoms with Crippen LogP contribution in [-0.2, 0) is 6.42 Å². The minimum absolute atomic E-state index is 0.460. The zero-order valence-corrected chi connectivity index (χ0v) is 10.3. The van der Waals surface area contributed by atoms with E-state index in [4.69, 9.17) is 5.26 Å². The van der Waals surface area contributed by atoms with Gasteiger partial charge in [0.05, 0.1) is 11.6 Å². The lowest BCUT2D eigenvalue weighted by atomic mass is 9.70. The number of piperidine rings is 1. The number of hydrogen-bond acceptors (Lipinski definition) is 2. The molecular weight excluding hydrogens is 208 g/mol. The van der Waals surface area contributed by atoms with E-state index in [0.717, 1.165) is 18.7 Å². The Kier molecular flexibility index (Phi) is 2.45. The molecule has 2 aliphatic rings. The van der Waals surface area contributed by atoms with Crippen molar-refractivity contribution in [2.75, 3.05) is 13.1 Å². The second-order valence-corrected chi connectivity index (χ2v) is 5.54. The molecule has 1 saturated heterocycles. The third-order valence-corrected chi connectivity index (χ3v) is 4.80. The summed E-state index contributed by atoms with van der Waals surface area (Å²) >= 11 is 0. The van der Waals surface area contributed by atoms with Crippen LogP contribution in [0.3, 0.4) is 0 Å². The third kappa shape index (κ3) is 1.57. The molecule has 1 aromatic carbocycles. The fourth-order valence-electron chi connectivity index (χ4n) is 3.63. The van der Waals surface area contributed by atoms with Gasteiger partial charge in [0.25, 0.3) is 0 Å². The normalized spacial score (nSPS) is 25.5. The first-order valence-corrected chi connectivity index (χ1v) is 6.49. The highest BCUT2D eigenvalue weighted by Gasteiger charge is 2.43. The van der Waals surface area contributed by atoms with Crippen molar-refractivity contribution in [3.8, 4) is 6.07 Å². The van der Waals surface area contributed by atoms with E-state index in [1.807, 2.05) is 6.07 Å². The number of nitriles is 1. The summed E-state index contributed by atoms with van der Waals surface area (Å²) in [5, 5.41) is 12.5. The molecule has 0 bridgehead atoms. The Hall–Kier alpha value is -1.33. The third-order valence-electron chi connectivity index (χ3n) is 4.80. The summed E-state index contributed by atoms with van der Waals surface area (Å²) in [5.74, 6) is 0.605. The molecule has 1 unspecified atom stereocenters. The number of benzene rings is 1. The van der Waals surface area contributed by atoms with Crippen LogP contribution in [0.4, 0.5) is 0 Å². The summed E-state index contributed by atoms with van der Waals surface area (Å²) in [4.78, 5) is 0. The van der Waals surface area contributed by atoms with E-state index in [0.29, 0.717) is 11.3 Å². The van der Waals surface area contributed by atoms with Gasteiger partial charge in [-0.05, 0) is 66.9 Å². The molecule has 3 rings (SSSR count). The molecule has 0 amide bonds. The van der Waals surface area contributed by atoms with Crippen LogP contribution < -0.4 is 5.32 Å². The van der Waals surface area contributed by atoms with Crippen LogP contribution in [0, 0.1) is 16.7 Å². The molecule has 1 N–H and O–H groups in total. The Morgan fingerprint density at radius 1 is 1.35 bits per heavy atom. The molecule has 2 heteroatoms.